The Kier molecular flexibility index (Phi) is 3.98. The van der Waals surface area contributed by atoms with Crippen molar-refractivity contribution in [3.63, 3.8) is 0 Å². The molecule has 0 aliphatic carbocycles. The molecule has 0 spiro atoms. The minimum Gasteiger partial charge on any atom is -0.475 e. The van der Waals surface area contributed by atoms with Gasteiger partial charge in [-0.05, 0) is 29.0 Å². The Morgan fingerprint density at radius 3 is 2.47 bits per heavy atom. The van der Waals surface area contributed by atoms with Crippen molar-refractivity contribution in [1.82, 2.24) is 9.72 Å². The van der Waals surface area contributed by atoms with Crippen molar-refractivity contribution in [2.45, 2.75) is 0 Å². The van der Waals surface area contributed by atoms with Gasteiger partial charge in [0.2, 0.25) is 11.6 Å². The van der Waals surface area contributed by atoms with E-state index in [4.69, 9.17) is 8.94 Å². The van der Waals surface area contributed by atoms with Crippen LogP contribution >= 0.6 is 0 Å². The van der Waals surface area contributed by atoms with E-state index in [0.29, 0.717) is 17.3 Å². The second-order valence-electron chi connectivity index (χ2n) is 7.47. The van der Waals surface area contributed by atoms with Crippen LogP contribution in [0.1, 0.15) is 10.6 Å². The summed E-state index contributed by atoms with van der Waals surface area (Å²) in [6, 6.07) is 28.9. The Morgan fingerprint density at radius 2 is 1.66 bits per heavy atom. The average molecular weight is 420 g/mol. The summed E-state index contributed by atoms with van der Waals surface area (Å²) in [5.74, 6) is -0.306. The van der Waals surface area contributed by atoms with Gasteiger partial charge in [-0.3, -0.25) is 4.57 Å². The largest absolute Gasteiger partial charge is 0.475 e. The van der Waals surface area contributed by atoms with E-state index in [1.807, 2.05) is 71.3 Å². The van der Waals surface area contributed by atoms with Gasteiger partial charge in [-0.25, -0.2) is 4.79 Å². The number of aromatic carboxylic acids is 1. The van der Waals surface area contributed by atoms with Gasteiger partial charge in [-0.15, -0.1) is 0 Å². The monoisotopic (exact) mass is 420 g/mol. The molecule has 6 nitrogen and oxygen atoms in total. The van der Waals surface area contributed by atoms with Crippen LogP contribution in [-0.4, -0.2) is 20.8 Å². The molecule has 154 valence electrons. The number of hydrogen-bond donors (Lipinski definition) is 1. The molecule has 0 radical (unpaired) electrons. The van der Waals surface area contributed by atoms with Crippen LogP contribution in [0.3, 0.4) is 0 Å². The fourth-order valence-corrected chi connectivity index (χ4v) is 4.08. The highest BCUT2D eigenvalue weighted by Gasteiger charge is 2.21. The predicted molar refractivity (Wildman–Crippen MR) is 121 cm³/mol. The molecule has 0 saturated carbocycles. The lowest BCUT2D eigenvalue weighted by Crippen LogP contribution is -1.96. The van der Waals surface area contributed by atoms with Gasteiger partial charge in [0, 0.05) is 23.1 Å². The summed E-state index contributed by atoms with van der Waals surface area (Å²) in [5, 5.41) is 16.8. The van der Waals surface area contributed by atoms with Gasteiger partial charge in [0.25, 0.3) is 0 Å². The molecule has 6 heteroatoms. The third-order valence-corrected chi connectivity index (χ3v) is 5.57. The van der Waals surface area contributed by atoms with Crippen molar-refractivity contribution in [3.05, 3.63) is 96.8 Å². The zero-order valence-electron chi connectivity index (χ0n) is 16.7. The minimum atomic E-state index is -1.12. The Hall–Kier alpha value is -4.58. The molecule has 1 N–H and O–H groups in total. The topological polar surface area (TPSA) is 81.4 Å². The van der Waals surface area contributed by atoms with Crippen LogP contribution in [0.5, 0.6) is 0 Å². The second-order valence-corrected chi connectivity index (χ2v) is 7.47. The van der Waals surface area contributed by atoms with Crippen LogP contribution in [0.4, 0.5) is 0 Å². The first-order valence-corrected chi connectivity index (χ1v) is 10.1. The van der Waals surface area contributed by atoms with E-state index in [0.717, 1.165) is 32.9 Å². The van der Waals surface area contributed by atoms with Gasteiger partial charge in [0.15, 0.2) is 5.76 Å². The van der Waals surface area contributed by atoms with Crippen LogP contribution in [-0.2, 0) is 0 Å². The number of carbonyl (C=O) groups is 1. The van der Waals surface area contributed by atoms with E-state index in [1.165, 1.54) is 6.07 Å². The molecule has 0 amide bonds. The van der Waals surface area contributed by atoms with E-state index in [1.54, 1.807) is 6.07 Å². The van der Waals surface area contributed by atoms with Crippen molar-refractivity contribution in [2.75, 3.05) is 0 Å². The summed E-state index contributed by atoms with van der Waals surface area (Å²) in [7, 11) is 0. The number of carboxylic acids is 1. The SMILES string of the molecule is O=C(O)c1ccc(-n2c(-c3cc(-c4ccccc4)no3)cc3c4ccccc4ccc32)o1. The Balaban J connectivity index is 1.62. The smallest absolute Gasteiger partial charge is 0.371 e. The second kappa shape index (κ2) is 6.99. The maximum Gasteiger partial charge on any atom is 0.371 e. The normalized spacial score (nSPS) is 11.4. The van der Waals surface area contributed by atoms with Gasteiger partial charge in [-0.2, -0.15) is 0 Å². The Labute approximate surface area is 181 Å². The van der Waals surface area contributed by atoms with E-state index >= 15 is 0 Å². The maximum absolute atomic E-state index is 11.4. The summed E-state index contributed by atoms with van der Waals surface area (Å²) >= 11 is 0. The molecule has 0 bridgehead atoms. The first-order valence-electron chi connectivity index (χ1n) is 10.1. The first kappa shape index (κ1) is 18.2. The standard InChI is InChI=1S/C26H16N2O4/c29-26(30)23-12-13-25(31-23)28-21-11-10-16-6-4-5-9-18(16)19(21)14-22(28)24-15-20(27-32-24)17-7-2-1-3-8-17/h1-15H,(H,29,30). The van der Waals surface area contributed by atoms with Crippen molar-refractivity contribution < 1.29 is 18.8 Å². The molecule has 0 fully saturated rings. The number of rotatable bonds is 4. The molecule has 6 aromatic rings. The molecular weight excluding hydrogens is 404 g/mol. The Bertz CT molecular complexity index is 1610. The predicted octanol–water partition coefficient (Wildman–Crippen LogP) is 6.40. The number of benzene rings is 3. The summed E-state index contributed by atoms with van der Waals surface area (Å²) in [6.45, 7) is 0. The number of fused-ring (bicyclic) bond motifs is 3. The number of hydrogen-bond acceptors (Lipinski definition) is 4. The van der Waals surface area contributed by atoms with Crippen LogP contribution in [0.15, 0.2) is 99.9 Å². The van der Waals surface area contributed by atoms with Crippen LogP contribution in [0.2, 0.25) is 0 Å². The first-order chi connectivity index (χ1) is 15.7. The van der Waals surface area contributed by atoms with Crippen molar-refractivity contribution in [1.29, 1.82) is 0 Å². The highest BCUT2D eigenvalue weighted by atomic mass is 16.5. The lowest BCUT2D eigenvalue weighted by molar-refractivity contribution is 0.0662. The fraction of sp³-hybridized carbons (Fsp3) is 0. The molecular formula is C26H16N2O4. The quantitative estimate of drug-likeness (QED) is 0.357. The molecule has 6 rings (SSSR count). The lowest BCUT2D eigenvalue weighted by atomic mass is 10.1. The van der Waals surface area contributed by atoms with Crippen LogP contribution < -0.4 is 0 Å². The average Bonchev–Trinajstić information content (AvgIpc) is 3.57. The molecule has 3 heterocycles. The maximum atomic E-state index is 11.4. The lowest BCUT2D eigenvalue weighted by Gasteiger charge is -2.06. The van der Waals surface area contributed by atoms with Crippen molar-refractivity contribution in [3.8, 4) is 28.6 Å². The summed E-state index contributed by atoms with van der Waals surface area (Å²) in [5.41, 5.74) is 3.26. The summed E-state index contributed by atoms with van der Waals surface area (Å²) in [6.07, 6.45) is 0. The highest BCUT2D eigenvalue weighted by molar-refractivity contribution is 6.09. The van der Waals surface area contributed by atoms with E-state index in [9.17, 15) is 9.90 Å². The van der Waals surface area contributed by atoms with Gasteiger partial charge < -0.3 is 14.0 Å². The zero-order valence-corrected chi connectivity index (χ0v) is 16.7. The van der Waals surface area contributed by atoms with E-state index in [-0.39, 0.29) is 5.76 Å². The van der Waals surface area contributed by atoms with E-state index < -0.39 is 5.97 Å². The third-order valence-electron chi connectivity index (χ3n) is 5.57. The van der Waals surface area contributed by atoms with Crippen LogP contribution in [0, 0.1) is 0 Å². The van der Waals surface area contributed by atoms with Gasteiger partial charge in [0.1, 0.15) is 5.69 Å². The van der Waals surface area contributed by atoms with Gasteiger partial charge in [-0.1, -0.05) is 65.8 Å². The molecule has 3 aromatic carbocycles. The van der Waals surface area contributed by atoms with E-state index in [2.05, 4.69) is 17.3 Å². The summed E-state index contributed by atoms with van der Waals surface area (Å²) in [4.78, 5) is 11.4. The molecule has 0 saturated heterocycles. The zero-order chi connectivity index (χ0) is 21.7. The molecule has 0 aliphatic heterocycles. The molecule has 0 aliphatic rings. The van der Waals surface area contributed by atoms with Gasteiger partial charge >= 0.3 is 5.97 Å². The molecule has 3 aromatic heterocycles. The number of furan rings is 1. The minimum absolute atomic E-state index is 0.129. The highest BCUT2D eigenvalue weighted by Crippen LogP contribution is 2.37. The summed E-state index contributed by atoms with van der Waals surface area (Å²) < 4.78 is 13.3. The molecule has 0 atom stereocenters. The van der Waals surface area contributed by atoms with Crippen molar-refractivity contribution in [2.24, 2.45) is 0 Å². The Morgan fingerprint density at radius 1 is 0.844 bits per heavy atom. The van der Waals surface area contributed by atoms with Crippen LogP contribution in [0.25, 0.3) is 50.3 Å². The number of aromatic nitrogens is 2. The third kappa shape index (κ3) is 2.81. The molecule has 32 heavy (non-hydrogen) atoms. The fourth-order valence-electron chi connectivity index (χ4n) is 4.08. The molecule has 0 unspecified atom stereocenters. The van der Waals surface area contributed by atoms with Gasteiger partial charge in [0.05, 0.1) is 11.2 Å². The van der Waals surface area contributed by atoms with Crippen molar-refractivity contribution >= 4 is 27.6 Å². The number of nitrogens with zero attached hydrogens (tertiary/aromatic N) is 2. The number of carboxylic acid groups (broad SMARTS) is 1.